The molecule has 0 bridgehead atoms. The molecule has 10 nitrogen and oxygen atoms in total. The molecule has 0 aliphatic heterocycles. The molecule has 1 aromatic carbocycles. The van der Waals surface area contributed by atoms with Gasteiger partial charge in [-0.25, -0.2) is 4.79 Å². The average Bonchev–Trinajstić information content (AvgIpc) is 2.92. The van der Waals surface area contributed by atoms with Gasteiger partial charge in [-0.05, 0) is 11.1 Å². The number of rotatable bonds is 8. The van der Waals surface area contributed by atoms with Crippen LogP contribution in [0.5, 0.6) is 5.88 Å². The Morgan fingerprint density at radius 3 is 2.54 bits per heavy atom. The highest BCUT2D eigenvalue weighted by molar-refractivity contribution is 7.50. The number of aromatic nitrogens is 3. The summed E-state index contributed by atoms with van der Waals surface area (Å²) in [6.45, 7) is 0.931. The van der Waals surface area contributed by atoms with Gasteiger partial charge < -0.3 is 30.0 Å². The molecule has 2 heterocycles. The fourth-order valence-corrected chi connectivity index (χ4v) is 3.47. The maximum atomic E-state index is 12.4. The first kappa shape index (κ1) is 20.1. The van der Waals surface area contributed by atoms with Crippen LogP contribution in [-0.2, 0) is 22.0 Å². The molecule has 2 aromatic heterocycles. The van der Waals surface area contributed by atoms with E-state index in [0.29, 0.717) is 29.8 Å². The topological polar surface area (TPSA) is 153 Å². The molecule has 3 rings (SSSR count). The van der Waals surface area contributed by atoms with Crippen molar-refractivity contribution < 1.29 is 23.8 Å². The quantitative estimate of drug-likeness (QED) is 0.319. The number of nitrogens with zero attached hydrogens (tertiary/aromatic N) is 2. The summed E-state index contributed by atoms with van der Waals surface area (Å²) in [5.74, 6) is 0.435. The summed E-state index contributed by atoms with van der Waals surface area (Å²) in [6.07, 6.45) is -0.329. The van der Waals surface area contributed by atoms with E-state index in [2.05, 4.69) is 9.97 Å². The van der Waals surface area contributed by atoms with Gasteiger partial charge in [0, 0.05) is 13.2 Å². The van der Waals surface area contributed by atoms with Crippen LogP contribution in [-0.4, -0.2) is 44.6 Å². The van der Waals surface area contributed by atoms with Gasteiger partial charge in [0.2, 0.25) is 5.88 Å². The predicted octanol–water partition coefficient (Wildman–Crippen LogP) is 1.06. The first-order valence-electron chi connectivity index (χ1n) is 8.40. The van der Waals surface area contributed by atoms with Crippen LogP contribution < -0.4 is 16.2 Å². The van der Waals surface area contributed by atoms with E-state index in [1.807, 2.05) is 0 Å². The zero-order chi connectivity index (χ0) is 20.3. The van der Waals surface area contributed by atoms with Crippen LogP contribution in [0.4, 0.5) is 5.82 Å². The van der Waals surface area contributed by atoms with E-state index in [1.165, 1.54) is 4.57 Å². The predicted molar refractivity (Wildman–Crippen MR) is 103 cm³/mol. The van der Waals surface area contributed by atoms with Crippen molar-refractivity contribution in [3.8, 4) is 5.88 Å². The monoisotopic (exact) mass is 408 g/mol. The summed E-state index contributed by atoms with van der Waals surface area (Å²) in [5.41, 5.74) is 7.86. The fourth-order valence-electron chi connectivity index (χ4n) is 2.78. The van der Waals surface area contributed by atoms with Crippen molar-refractivity contribution in [2.24, 2.45) is 0 Å². The Balaban J connectivity index is 1.89. The van der Waals surface area contributed by atoms with E-state index in [9.17, 15) is 9.36 Å². The van der Waals surface area contributed by atoms with E-state index < -0.39 is 7.60 Å². The van der Waals surface area contributed by atoms with Crippen molar-refractivity contribution >= 4 is 24.4 Å². The maximum Gasteiger partial charge on any atom is 0.329 e. The number of fused-ring (bicyclic) bond motifs is 1. The van der Waals surface area contributed by atoms with Gasteiger partial charge >= 0.3 is 13.3 Å². The molecule has 28 heavy (non-hydrogen) atoms. The lowest BCUT2D eigenvalue weighted by Crippen LogP contribution is -2.17. The lowest BCUT2D eigenvalue weighted by molar-refractivity contribution is 0.144. The number of nitrogen functional groups attached to an aromatic ring is 1. The Hall–Kier alpha value is -2.65. The van der Waals surface area contributed by atoms with Gasteiger partial charge in [-0.3, -0.25) is 9.13 Å². The molecule has 0 radical (unpaired) electrons. The van der Waals surface area contributed by atoms with Gasteiger partial charge in [-0.2, -0.15) is 4.98 Å². The Bertz CT molecular complexity index is 1070. The number of ether oxygens (including phenoxy) is 2. The van der Waals surface area contributed by atoms with Crippen molar-refractivity contribution in [2.45, 2.75) is 12.7 Å². The van der Waals surface area contributed by atoms with Crippen LogP contribution in [0.2, 0.25) is 0 Å². The highest BCUT2D eigenvalue weighted by Crippen LogP contribution is 2.38. The number of aromatic amines is 1. The van der Waals surface area contributed by atoms with Gasteiger partial charge in [-0.1, -0.05) is 24.3 Å². The minimum Gasteiger partial charge on any atom is -0.475 e. The summed E-state index contributed by atoms with van der Waals surface area (Å²) in [5, 5.41) is 0. The normalized spacial score (nSPS) is 11.8. The molecule has 3 aromatic rings. The van der Waals surface area contributed by atoms with E-state index in [-0.39, 0.29) is 30.1 Å². The third-order valence-electron chi connectivity index (χ3n) is 4.06. The average molecular weight is 408 g/mol. The molecule has 0 saturated heterocycles. The number of nitrogens with one attached hydrogen (secondary N) is 1. The smallest absolute Gasteiger partial charge is 0.329 e. The lowest BCUT2D eigenvalue weighted by Gasteiger charge is -2.09. The number of benzene rings is 1. The molecule has 0 fully saturated rings. The van der Waals surface area contributed by atoms with Crippen molar-refractivity contribution in [3.63, 3.8) is 0 Å². The van der Waals surface area contributed by atoms with Crippen LogP contribution in [0.1, 0.15) is 11.1 Å². The molecule has 0 aliphatic rings. The minimum absolute atomic E-state index is 0.151. The molecule has 5 N–H and O–H groups in total. The lowest BCUT2D eigenvalue weighted by atomic mass is 10.1. The number of hydrogen-bond acceptors (Lipinski definition) is 6. The largest absolute Gasteiger partial charge is 0.475 e. The number of hydrogen-bond donors (Lipinski definition) is 4. The van der Waals surface area contributed by atoms with Crippen molar-refractivity contribution in [1.29, 1.82) is 0 Å². The van der Waals surface area contributed by atoms with Crippen molar-refractivity contribution in [3.05, 3.63) is 51.9 Å². The molecule has 150 valence electrons. The second-order valence-electron chi connectivity index (χ2n) is 6.24. The Kier molecular flexibility index (Phi) is 5.85. The third kappa shape index (κ3) is 4.79. The van der Waals surface area contributed by atoms with Crippen LogP contribution in [0.25, 0.3) is 11.0 Å². The number of pyridine rings is 1. The first-order valence-corrected chi connectivity index (χ1v) is 10.2. The number of anilines is 1. The second-order valence-corrected chi connectivity index (χ2v) is 7.88. The standard InChI is InChI=1S/C17H21N4O6P/c1-26-6-7-27-14-8-13-15(16(18)19-14)20-17(22)21(13)9-11-2-4-12(5-3-11)10-28(23,24)25/h2-5,8H,6-7,9-10H2,1H3,(H2,18,19)(H,20,22)(H2,23,24,25). The number of H-pyrrole nitrogens is 1. The molecular formula is C17H21N4O6P. The second kappa shape index (κ2) is 8.15. The van der Waals surface area contributed by atoms with Crippen LogP contribution >= 0.6 is 7.60 Å². The molecule has 0 saturated carbocycles. The van der Waals surface area contributed by atoms with Crippen LogP contribution in [0.15, 0.2) is 35.1 Å². The number of nitrogens with two attached hydrogens (primary N) is 1. The molecule has 0 unspecified atom stereocenters. The molecule has 0 aliphatic carbocycles. The van der Waals surface area contributed by atoms with E-state index in [4.69, 9.17) is 25.0 Å². The Morgan fingerprint density at radius 1 is 1.21 bits per heavy atom. The number of methoxy groups -OCH3 is 1. The molecule has 0 atom stereocenters. The summed E-state index contributed by atoms with van der Waals surface area (Å²) in [4.78, 5) is 37.3. The van der Waals surface area contributed by atoms with Gasteiger partial charge in [0.05, 0.1) is 24.8 Å². The minimum atomic E-state index is -4.13. The zero-order valence-electron chi connectivity index (χ0n) is 15.2. The summed E-state index contributed by atoms with van der Waals surface area (Å²) < 4.78 is 23.0. The van der Waals surface area contributed by atoms with Crippen molar-refractivity contribution in [2.75, 3.05) is 26.1 Å². The third-order valence-corrected chi connectivity index (χ3v) is 4.84. The first-order chi connectivity index (χ1) is 13.3. The van der Waals surface area contributed by atoms with Crippen LogP contribution in [0, 0.1) is 0 Å². The summed E-state index contributed by atoms with van der Waals surface area (Å²) in [6, 6.07) is 8.32. The van der Waals surface area contributed by atoms with Gasteiger partial charge in [-0.15, -0.1) is 0 Å². The fraction of sp³-hybridized carbons (Fsp3) is 0.294. The van der Waals surface area contributed by atoms with E-state index >= 15 is 0 Å². The zero-order valence-corrected chi connectivity index (χ0v) is 16.1. The van der Waals surface area contributed by atoms with Crippen molar-refractivity contribution in [1.82, 2.24) is 14.5 Å². The van der Waals surface area contributed by atoms with Gasteiger partial charge in [0.15, 0.2) is 5.82 Å². The summed E-state index contributed by atoms with van der Waals surface area (Å²) >= 11 is 0. The molecule has 0 amide bonds. The van der Waals surface area contributed by atoms with Gasteiger partial charge in [0.1, 0.15) is 12.1 Å². The van der Waals surface area contributed by atoms with Crippen LogP contribution in [0.3, 0.4) is 0 Å². The molecule has 11 heteroatoms. The highest BCUT2D eigenvalue weighted by atomic mass is 31.2. The number of imidazole rings is 1. The maximum absolute atomic E-state index is 12.4. The van der Waals surface area contributed by atoms with Gasteiger partial charge in [0.25, 0.3) is 0 Å². The Morgan fingerprint density at radius 2 is 1.89 bits per heavy atom. The summed E-state index contributed by atoms with van der Waals surface area (Å²) in [7, 11) is -2.57. The van der Waals surface area contributed by atoms with E-state index in [0.717, 1.165) is 5.56 Å². The molecular weight excluding hydrogens is 387 g/mol. The Labute approximate surface area is 160 Å². The van der Waals surface area contributed by atoms with E-state index in [1.54, 1.807) is 37.4 Å². The highest BCUT2D eigenvalue weighted by Gasteiger charge is 2.15. The SMILES string of the molecule is COCCOc1cc2c([nH]c(=O)n2Cc2ccc(CP(=O)(O)O)cc2)c(N)n1. The molecule has 0 spiro atoms.